The molecular weight excluding hydrogens is 455 g/mol. The molecule has 3 N–H and O–H groups in total. The third-order valence-corrected chi connectivity index (χ3v) is 8.34. The molecule has 1 saturated heterocycles. The van der Waals surface area contributed by atoms with Crippen LogP contribution in [0, 0.1) is 0 Å². The van der Waals surface area contributed by atoms with Gasteiger partial charge in [0.1, 0.15) is 0 Å². The zero-order valence-electron chi connectivity index (χ0n) is 16.5. The van der Waals surface area contributed by atoms with Crippen molar-refractivity contribution in [1.82, 2.24) is 10.0 Å². The monoisotopic (exact) mass is 477 g/mol. The predicted molar refractivity (Wildman–Crippen MR) is 109 cm³/mol. The minimum atomic E-state index is -4.98. The summed E-state index contributed by atoms with van der Waals surface area (Å²) in [6.45, 7) is 1.04. The number of sulfonamides is 1. The zero-order chi connectivity index (χ0) is 22.9. The molecule has 2 aromatic carbocycles. The Labute approximate surface area is 179 Å². The van der Waals surface area contributed by atoms with Crippen LogP contribution in [0.4, 0.5) is 18.9 Å². The highest BCUT2D eigenvalue weighted by Crippen LogP contribution is 2.37. The maximum absolute atomic E-state index is 13.6. The Bertz CT molecular complexity index is 1160. The summed E-state index contributed by atoms with van der Waals surface area (Å²) in [7, 11) is -7.42. The molecule has 0 saturated carbocycles. The summed E-state index contributed by atoms with van der Waals surface area (Å²) < 4.78 is 94.9. The van der Waals surface area contributed by atoms with E-state index in [-0.39, 0.29) is 10.6 Å². The largest absolute Gasteiger partial charge is 0.417 e. The Hall–Kier alpha value is -2.15. The molecule has 0 unspecified atom stereocenters. The Morgan fingerprint density at radius 3 is 2.23 bits per heavy atom. The second kappa shape index (κ2) is 8.77. The van der Waals surface area contributed by atoms with Gasteiger partial charge in [-0.05, 0) is 56.3 Å². The lowest BCUT2D eigenvalue weighted by molar-refractivity contribution is -0.139. The van der Waals surface area contributed by atoms with Gasteiger partial charge in [-0.25, -0.2) is 21.6 Å². The highest BCUT2D eigenvalue weighted by Gasteiger charge is 2.39. The number of anilines is 1. The quantitative estimate of drug-likeness (QED) is 0.591. The summed E-state index contributed by atoms with van der Waals surface area (Å²) in [4.78, 5) is -1.83. The van der Waals surface area contributed by atoms with E-state index in [0.29, 0.717) is 38.1 Å². The fourth-order valence-corrected chi connectivity index (χ4v) is 6.51. The van der Waals surface area contributed by atoms with Crippen molar-refractivity contribution in [2.45, 2.75) is 39.7 Å². The molecule has 7 nitrogen and oxygen atoms in total. The van der Waals surface area contributed by atoms with Gasteiger partial charge < -0.3 is 10.6 Å². The van der Waals surface area contributed by atoms with E-state index < -0.39 is 47.4 Å². The Morgan fingerprint density at radius 1 is 0.968 bits per heavy atom. The first kappa shape index (κ1) is 23.5. The van der Waals surface area contributed by atoms with E-state index in [1.54, 1.807) is 6.07 Å². The molecule has 12 heteroatoms. The minimum absolute atomic E-state index is 0.174. The van der Waals surface area contributed by atoms with Crippen molar-refractivity contribution in [3.05, 3.63) is 48.0 Å². The van der Waals surface area contributed by atoms with Crippen molar-refractivity contribution in [2.75, 3.05) is 25.5 Å². The average Bonchev–Trinajstić information content (AvgIpc) is 2.73. The number of nitrogens with one attached hydrogen (secondary N) is 3. The number of hydrogen-bond acceptors (Lipinski definition) is 6. The van der Waals surface area contributed by atoms with E-state index >= 15 is 0 Å². The number of sulfone groups is 1. The molecular formula is C19H22F3N3O4S2. The van der Waals surface area contributed by atoms with Gasteiger partial charge in [-0.2, -0.15) is 13.2 Å². The summed E-state index contributed by atoms with van der Waals surface area (Å²) >= 11 is 0. The molecule has 3 rings (SSSR count). The molecule has 2 aromatic rings. The van der Waals surface area contributed by atoms with E-state index in [9.17, 15) is 30.0 Å². The summed E-state index contributed by atoms with van der Waals surface area (Å²) in [6, 6.07) is 7.14. The van der Waals surface area contributed by atoms with Crippen LogP contribution in [-0.4, -0.2) is 43.0 Å². The van der Waals surface area contributed by atoms with Crippen molar-refractivity contribution < 1.29 is 30.0 Å². The SMILES string of the molecule is CNc1ccccc1S(=O)(=O)c1ccc(C(F)(F)F)c(S(=O)(=O)NC2CCNCC2)c1. The van der Waals surface area contributed by atoms with E-state index in [1.807, 2.05) is 0 Å². The molecule has 0 amide bonds. The molecule has 0 aromatic heterocycles. The number of alkyl halides is 3. The molecule has 0 atom stereocenters. The van der Waals surface area contributed by atoms with Crippen LogP contribution in [0.1, 0.15) is 18.4 Å². The summed E-state index contributed by atoms with van der Waals surface area (Å²) in [5.41, 5.74) is -1.19. The maximum Gasteiger partial charge on any atom is 0.417 e. The van der Waals surface area contributed by atoms with Crippen LogP contribution >= 0.6 is 0 Å². The number of halogens is 3. The van der Waals surface area contributed by atoms with E-state index in [4.69, 9.17) is 0 Å². The highest BCUT2D eigenvalue weighted by atomic mass is 32.2. The molecule has 1 fully saturated rings. The maximum atomic E-state index is 13.6. The standard InChI is InChI=1S/C19H22F3N3O4S2/c1-23-16-4-2-3-5-17(16)30(26,27)14-6-7-15(19(20,21)22)18(12-14)31(28,29)25-13-8-10-24-11-9-13/h2-7,12-13,23-25H,8-11H2,1H3. The van der Waals surface area contributed by atoms with E-state index in [0.717, 1.165) is 6.07 Å². The predicted octanol–water partition coefficient (Wildman–Crippen LogP) is 2.61. The summed E-state index contributed by atoms with van der Waals surface area (Å²) in [5, 5.41) is 5.74. The average molecular weight is 478 g/mol. The lowest BCUT2D eigenvalue weighted by Crippen LogP contribution is -2.43. The third-order valence-electron chi connectivity index (χ3n) is 4.97. The number of hydrogen-bond donors (Lipinski definition) is 3. The topological polar surface area (TPSA) is 104 Å². The van der Waals surface area contributed by atoms with Gasteiger partial charge in [0.05, 0.1) is 25.9 Å². The Kier molecular flexibility index (Phi) is 6.65. The normalized spacial score (nSPS) is 16.3. The molecule has 0 aliphatic carbocycles. The second-order valence-electron chi connectivity index (χ2n) is 7.05. The molecule has 0 spiro atoms. The second-order valence-corrected chi connectivity index (χ2v) is 10.7. The van der Waals surface area contributed by atoms with Crippen molar-refractivity contribution in [3.63, 3.8) is 0 Å². The molecule has 1 aliphatic heterocycles. The van der Waals surface area contributed by atoms with Crippen molar-refractivity contribution in [3.8, 4) is 0 Å². The van der Waals surface area contributed by atoms with Gasteiger partial charge in [-0.15, -0.1) is 0 Å². The van der Waals surface area contributed by atoms with Crippen molar-refractivity contribution in [1.29, 1.82) is 0 Å². The Morgan fingerprint density at radius 2 is 1.61 bits per heavy atom. The molecule has 1 aliphatic rings. The van der Waals surface area contributed by atoms with Gasteiger partial charge in [0.2, 0.25) is 19.9 Å². The summed E-state index contributed by atoms with van der Waals surface area (Å²) in [5.74, 6) is 0. The van der Waals surface area contributed by atoms with Crippen LogP contribution in [0.15, 0.2) is 57.2 Å². The zero-order valence-corrected chi connectivity index (χ0v) is 18.2. The fraction of sp³-hybridized carbons (Fsp3) is 0.368. The van der Waals surface area contributed by atoms with E-state index in [2.05, 4.69) is 15.4 Å². The molecule has 1 heterocycles. The van der Waals surface area contributed by atoms with Gasteiger partial charge >= 0.3 is 6.18 Å². The van der Waals surface area contributed by atoms with Crippen LogP contribution in [0.3, 0.4) is 0 Å². The molecule has 31 heavy (non-hydrogen) atoms. The molecule has 170 valence electrons. The van der Waals surface area contributed by atoms with Gasteiger partial charge in [0, 0.05) is 13.1 Å². The first-order chi connectivity index (χ1) is 14.5. The van der Waals surface area contributed by atoms with Crippen molar-refractivity contribution in [2.24, 2.45) is 0 Å². The van der Waals surface area contributed by atoms with Crippen LogP contribution in [0.5, 0.6) is 0 Å². The molecule has 0 radical (unpaired) electrons. The fourth-order valence-electron chi connectivity index (χ4n) is 3.38. The summed E-state index contributed by atoms with van der Waals surface area (Å²) in [6.07, 6.45) is -4.16. The number of benzene rings is 2. The van der Waals surface area contributed by atoms with E-state index in [1.165, 1.54) is 25.2 Å². The van der Waals surface area contributed by atoms with Gasteiger partial charge in [-0.3, -0.25) is 0 Å². The number of piperidine rings is 1. The first-order valence-corrected chi connectivity index (χ1v) is 12.4. The van der Waals surface area contributed by atoms with Crippen molar-refractivity contribution >= 4 is 25.5 Å². The minimum Gasteiger partial charge on any atom is -0.387 e. The van der Waals surface area contributed by atoms with Crippen LogP contribution in [0.2, 0.25) is 0 Å². The number of para-hydroxylation sites is 1. The van der Waals surface area contributed by atoms with Gasteiger partial charge in [0.25, 0.3) is 0 Å². The molecule has 0 bridgehead atoms. The van der Waals surface area contributed by atoms with Gasteiger partial charge in [-0.1, -0.05) is 12.1 Å². The number of rotatable bonds is 6. The van der Waals surface area contributed by atoms with Crippen LogP contribution < -0.4 is 15.4 Å². The van der Waals surface area contributed by atoms with Crippen LogP contribution in [-0.2, 0) is 26.0 Å². The smallest absolute Gasteiger partial charge is 0.387 e. The highest BCUT2D eigenvalue weighted by molar-refractivity contribution is 7.92. The van der Waals surface area contributed by atoms with Gasteiger partial charge in [0.15, 0.2) is 0 Å². The first-order valence-electron chi connectivity index (χ1n) is 9.43. The Balaban J connectivity index is 2.13. The lowest BCUT2D eigenvalue weighted by atomic mass is 10.1. The lowest BCUT2D eigenvalue weighted by Gasteiger charge is -2.24. The third kappa shape index (κ3) is 5.03. The van der Waals surface area contributed by atoms with Crippen LogP contribution in [0.25, 0.3) is 0 Å².